The number of hydrogen-bond acceptors (Lipinski definition) is 1. The van der Waals surface area contributed by atoms with Gasteiger partial charge in [-0.1, -0.05) is 0 Å². The summed E-state index contributed by atoms with van der Waals surface area (Å²) in [5.41, 5.74) is 0. The van der Waals surface area contributed by atoms with Crippen molar-refractivity contribution in [2.75, 3.05) is 20.0 Å². The monoisotopic (exact) mass is 243 g/mol. The standard InChI is InChI=1S/C6H10F6OP/c1-14(2,3)13-4(5(7,8)9)6(10,11)12/h4H,1-3H3/q+1. The molecule has 8 heteroatoms. The van der Waals surface area contributed by atoms with E-state index in [0.717, 1.165) is 0 Å². The fourth-order valence-electron chi connectivity index (χ4n) is 0.621. The summed E-state index contributed by atoms with van der Waals surface area (Å²) in [4.78, 5) is 0. The summed E-state index contributed by atoms with van der Waals surface area (Å²) >= 11 is 0. The Morgan fingerprint density at radius 1 is 0.857 bits per heavy atom. The molecule has 0 amide bonds. The van der Waals surface area contributed by atoms with Gasteiger partial charge in [0.1, 0.15) is 7.49 Å². The molecule has 0 unspecified atom stereocenters. The van der Waals surface area contributed by atoms with Crippen molar-refractivity contribution in [3.05, 3.63) is 0 Å². The van der Waals surface area contributed by atoms with E-state index < -0.39 is 25.9 Å². The van der Waals surface area contributed by atoms with Crippen LogP contribution in [0.15, 0.2) is 0 Å². The zero-order valence-electron chi connectivity index (χ0n) is 7.70. The highest BCUT2D eigenvalue weighted by Gasteiger charge is 2.61. The predicted molar refractivity (Wildman–Crippen MR) is 41.7 cm³/mol. The Morgan fingerprint density at radius 2 is 1.14 bits per heavy atom. The van der Waals surface area contributed by atoms with Gasteiger partial charge in [-0.15, -0.1) is 0 Å². The van der Waals surface area contributed by atoms with Gasteiger partial charge in [0.05, 0.1) is 20.0 Å². The maximum atomic E-state index is 11.9. The molecule has 0 spiro atoms. The lowest BCUT2D eigenvalue weighted by Gasteiger charge is -2.24. The zero-order chi connectivity index (χ0) is 11.8. The summed E-state index contributed by atoms with van der Waals surface area (Å²) in [5, 5.41) is 0. The summed E-state index contributed by atoms with van der Waals surface area (Å²) in [6.07, 6.45) is -14.5. The maximum absolute atomic E-state index is 11.9. The second-order valence-electron chi connectivity index (χ2n) is 3.46. The van der Waals surface area contributed by atoms with Crippen LogP contribution >= 0.6 is 7.49 Å². The summed E-state index contributed by atoms with van der Waals surface area (Å²) in [7, 11) is -2.60. The second kappa shape index (κ2) is 3.85. The van der Waals surface area contributed by atoms with Crippen LogP contribution in [0.5, 0.6) is 0 Å². The molecule has 0 fully saturated rings. The van der Waals surface area contributed by atoms with Gasteiger partial charge in [-0.25, -0.2) is 4.52 Å². The molecule has 0 bridgehead atoms. The Labute approximate surface area is 77.8 Å². The number of alkyl halides is 6. The van der Waals surface area contributed by atoms with E-state index in [-0.39, 0.29) is 0 Å². The van der Waals surface area contributed by atoms with Gasteiger partial charge in [-0.3, -0.25) is 0 Å². The Kier molecular flexibility index (Phi) is 3.84. The molecule has 1 nitrogen and oxygen atoms in total. The highest BCUT2D eigenvalue weighted by molar-refractivity contribution is 7.69. The molecule has 0 aliphatic rings. The molecule has 14 heavy (non-hydrogen) atoms. The molecule has 0 aromatic carbocycles. The number of hydrogen-bond donors (Lipinski definition) is 0. The molecule has 0 atom stereocenters. The van der Waals surface area contributed by atoms with Crippen LogP contribution in [0, 0.1) is 0 Å². The van der Waals surface area contributed by atoms with Crippen molar-refractivity contribution in [2.45, 2.75) is 18.5 Å². The Balaban J connectivity index is 4.78. The fraction of sp³-hybridized carbons (Fsp3) is 1.00. The SMILES string of the molecule is C[P+](C)(C)OC(C(F)(F)F)C(F)(F)F. The molecular formula is C6H10F6OP+. The molecule has 86 valence electrons. The lowest BCUT2D eigenvalue weighted by molar-refractivity contribution is -0.299. The number of rotatable bonds is 2. The van der Waals surface area contributed by atoms with E-state index in [2.05, 4.69) is 4.52 Å². The van der Waals surface area contributed by atoms with E-state index in [4.69, 9.17) is 0 Å². The highest BCUT2D eigenvalue weighted by Crippen LogP contribution is 2.53. The molecule has 0 heterocycles. The summed E-state index contributed by atoms with van der Waals surface area (Å²) in [6.45, 7) is 3.70. The van der Waals surface area contributed by atoms with E-state index in [1.807, 2.05) is 0 Å². The smallest absolute Gasteiger partial charge is 0.217 e. The quantitative estimate of drug-likeness (QED) is 0.534. The minimum atomic E-state index is -5.41. The van der Waals surface area contributed by atoms with Crippen LogP contribution in [-0.2, 0) is 4.52 Å². The van der Waals surface area contributed by atoms with Crippen LogP contribution in [-0.4, -0.2) is 38.5 Å². The van der Waals surface area contributed by atoms with Crippen LogP contribution in [0.4, 0.5) is 26.3 Å². The van der Waals surface area contributed by atoms with Crippen molar-refractivity contribution in [1.29, 1.82) is 0 Å². The van der Waals surface area contributed by atoms with Crippen molar-refractivity contribution in [3.8, 4) is 0 Å². The van der Waals surface area contributed by atoms with Crippen LogP contribution in [0.3, 0.4) is 0 Å². The first-order valence-corrected chi connectivity index (χ1v) is 6.52. The van der Waals surface area contributed by atoms with Gasteiger partial charge in [-0.2, -0.15) is 26.3 Å². The van der Waals surface area contributed by atoms with E-state index in [9.17, 15) is 26.3 Å². The van der Waals surface area contributed by atoms with Crippen LogP contribution in [0.1, 0.15) is 0 Å². The molecule has 0 aliphatic heterocycles. The minimum Gasteiger partial charge on any atom is -0.217 e. The van der Waals surface area contributed by atoms with Crippen molar-refractivity contribution in [3.63, 3.8) is 0 Å². The van der Waals surface area contributed by atoms with E-state index in [1.54, 1.807) is 0 Å². The van der Waals surface area contributed by atoms with Gasteiger partial charge in [0.2, 0.25) is 0 Å². The third-order valence-electron chi connectivity index (χ3n) is 1.02. The third kappa shape index (κ3) is 5.00. The Hall–Kier alpha value is -0.0300. The highest BCUT2D eigenvalue weighted by atomic mass is 31.2. The Morgan fingerprint density at radius 3 is 1.21 bits per heavy atom. The summed E-state index contributed by atoms with van der Waals surface area (Å²) in [5.74, 6) is 0. The fourth-order valence-corrected chi connectivity index (χ4v) is 1.49. The van der Waals surface area contributed by atoms with Gasteiger partial charge in [-0.05, 0) is 0 Å². The normalized spacial score (nSPS) is 15.0. The Bertz CT molecular complexity index is 176. The maximum Gasteiger partial charge on any atom is 0.427 e. The predicted octanol–water partition coefficient (Wildman–Crippen LogP) is 3.32. The van der Waals surface area contributed by atoms with Crippen molar-refractivity contribution < 1.29 is 30.9 Å². The molecule has 0 saturated heterocycles. The molecule has 0 saturated carbocycles. The lowest BCUT2D eigenvalue weighted by Crippen LogP contribution is -2.44. The average molecular weight is 243 g/mol. The lowest BCUT2D eigenvalue weighted by atomic mass is 10.3. The second-order valence-corrected chi connectivity index (χ2v) is 7.45. The van der Waals surface area contributed by atoms with E-state index in [0.29, 0.717) is 0 Å². The molecule has 0 aromatic rings. The van der Waals surface area contributed by atoms with Gasteiger partial charge in [0, 0.05) is 0 Å². The van der Waals surface area contributed by atoms with E-state index >= 15 is 0 Å². The summed E-state index contributed by atoms with van der Waals surface area (Å²) in [6, 6.07) is 0. The summed E-state index contributed by atoms with van der Waals surface area (Å²) < 4.78 is 75.5. The van der Waals surface area contributed by atoms with Gasteiger partial charge < -0.3 is 0 Å². The van der Waals surface area contributed by atoms with Crippen molar-refractivity contribution in [1.82, 2.24) is 0 Å². The third-order valence-corrected chi connectivity index (χ3v) is 1.86. The van der Waals surface area contributed by atoms with Crippen LogP contribution < -0.4 is 0 Å². The molecule has 0 radical (unpaired) electrons. The minimum absolute atomic E-state index is 1.23. The van der Waals surface area contributed by atoms with Gasteiger partial charge >= 0.3 is 12.4 Å². The van der Waals surface area contributed by atoms with Crippen LogP contribution in [0.25, 0.3) is 0 Å². The number of halogens is 6. The van der Waals surface area contributed by atoms with E-state index in [1.165, 1.54) is 20.0 Å². The largest absolute Gasteiger partial charge is 0.427 e. The first-order valence-electron chi connectivity index (χ1n) is 3.47. The van der Waals surface area contributed by atoms with Crippen molar-refractivity contribution >= 4 is 7.49 Å². The molecule has 0 N–H and O–H groups in total. The van der Waals surface area contributed by atoms with Gasteiger partial charge in [0.15, 0.2) is 0 Å². The topological polar surface area (TPSA) is 9.23 Å². The molecule has 0 aromatic heterocycles. The average Bonchev–Trinajstić information content (AvgIpc) is 1.75. The van der Waals surface area contributed by atoms with Gasteiger partial charge in [0.25, 0.3) is 6.10 Å². The first-order chi connectivity index (χ1) is 5.84. The first kappa shape index (κ1) is 14.0. The molecule has 0 aliphatic carbocycles. The van der Waals surface area contributed by atoms with Crippen molar-refractivity contribution in [2.24, 2.45) is 0 Å². The molecular weight excluding hydrogens is 233 g/mol. The zero-order valence-corrected chi connectivity index (χ0v) is 8.60. The van der Waals surface area contributed by atoms with Crippen LogP contribution in [0.2, 0.25) is 0 Å². The molecule has 0 rings (SSSR count).